The van der Waals surface area contributed by atoms with Crippen LogP contribution in [0.15, 0.2) is 34.1 Å². The van der Waals surface area contributed by atoms with Crippen molar-refractivity contribution in [3.8, 4) is 0 Å². The van der Waals surface area contributed by atoms with E-state index in [2.05, 4.69) is 5.32 Å². The van der Waals surface area contributed by atoms with E-state index in [1.165, 1.54) is 33.5 Å². The summed E-state index contributed by atoms with van der Waals surface area (Å²) in [5, 5.41) is 21.9. The first-order valence-electron chi connectivity index (χ1n) is 9.22. The molecule has 2 atom stereocenters. The fourth-order valence-electron chi connectivity index (χ4n) is 3.69. The fourth-order valence-corrected chi connectivity index (χ4v) is 5.78. The van der Waals surface area contributed by atoms with Gasteiger partial charge in [-0.3, -0.25) is 4.79 Å². The molecule has 14 heteroatoms. The number of nitrogens with one attached hydrogen (secondary N) is 1. The molecule has 2 saturated heterocycles. The lowest BCUT2D eigenvalue weighted by Crippen LogP contribution is -2.60. The maximum atomic E-state index is 13.0. The quantitative estimate of drug-likeness (QED) is 0.430. The first-order valence-corrected chi connectivity index (χ1v) is 12.6. The number of sulfone groups is 1. The largest absolute Gasteiger partial charge is 0.475 e. The molecule has 0 aromatic heterocycles. The highest BCUT2D eigenvalue weighted by atomic mass is 35.5. The predicted molar refractivity (Wildman–Crippen MR) is 112 cm³/mol. The topological polar surface area (TPSA) is 144 Å². The molecule has 2 aliphatic heterocycles. The molecule has 3 rings (SSSR count). The van der Waals surface area contributed by atoms with Gasteiger partial charge >= 0.3 is 7.12 Å². The summed E-state index contributed by atoms with van der Waals surface area (Å²) in [6, 6.07) is 4.16. The van der Waals surface area contributed by atoms with Crippen molar-refractivity contribution in [1.82, 2.24) is 14.5 Å². The minimum Gasteiger partial charge on any atom is -0.426 e. The van der Waals surface area contributed by atoms with Gasteiger partial charge in [0.15, 0.2) is 9.84 Å². The number of hydrogen-bond donors (Lipinski definition) is 3. The van der Waals surface area contributed by atoms with Gasteiger partial charge in [-0.05, 0) is 37.1 Å². The third kappa shape index (κ3) is 5.15. The van der Waals surface area contributed by atoms with E-state index < -0.39 is 39.0 Å². The maximum absolute atomic E-state index is 13.0. The molecule has 168 valence electrons. The van der Waals surface area contributed by atoms with E-state index in [1.807, 2.05) is 0 Å². The van der Waals surface area contributed by atoms with Crippen molar-refractivity contribution in [1.29, 1.82) is 0 Å². The fraction of sp³-hybridized carbons (Fsp3) is 0.562. The van der Waals surface area contributed by atoms with Crippen LogP contribution in [0.25, 0.3) is 0 Å². The second-order valence-electron chi connectivity index (χ2n) is 7.27. The van der Waals surface area contributed by atoms with Gasteiger partial charge in [0.05, 0.1) is 15.7 Å². The second-order valence-corrected chi connectivity index (χ2v) is 11.2. The van der Waals surface area contributed by atoms with E-state index in [1.54, 1.807) is 0 Å². The van der Waals surface area contributed by atoms with Crippen molar-refractivity contribution in [2.75, 3.05) is 32.4 Å². The summed E-state index contributed by atoms with van der Waals surface area (Å²) in [7, 11) is -9.00. The minimum atomic E-state index is -3.92. The zero-order chi connectivity index (χ0) is 21.4. The van der Waals surface area contributed by atoms with Gasteiger partial charge in [0.2, 0.25) is 15.9 Å². The summed E-state index contributed by atoms with van der Waals surface area (Å²) in [6.45, 7) is 0.710. The molecular weight excluding hydrogens is 457 g/mol. The molecule has 0 bridgehead atoms. The molecule has 2 aliphatic rings. The van der Waals surface area contributed by atoms with E-state index in [0.29, 0.717) is 19.4 Å². The van der Waals surface area contributed by atoms with E-state index >= 15 is 0 Å². The molecule has 0 unspecified atom stereocenters. The van der Waals surface area contributed by atoms with Gasteiger partial charge in [-0.25, -0.2) is 16.8 Å². The van der Waals surface area contributed by atoms with Gasteiger partial charge in [0.25, 0.3) is 0 Å². The smallest absolute Gasteiger partial charge is 0.426 e. The number of sulfonamides is 1. The normalized spacial score (nSPS) is 23.1. The Hall–Kier alpha value is -1.22. The first-order chi connectivity index (χ1) is 13.5. The molecular formula is C16H25BClN3O7S2. The monoisotopic (exact) mass is 481 g/mol. The van der Waals surface area contributed by atoms with Gasteiger partial charge in [0, 0.05) is 32.4 Å². The van der Waals surface area contributed by atoms with Gasteiger partial charge in [-0.2, -0.15) is 4.31 Å². The number of halogens is 1. The third-order valence-corrected chi connectivity index (χ3v) is 8.26. The number of amides is 1. The molecule has 2 fully saturated rings. The number of benzene rings is 1. The van der Waals surface area contributed by atoms with Gasteiger partial charge in [0.1, 0.15) is 6.04 Å². The first kappa shape index (κ1) is 25.0. The lowest BCUT2D eigenvalue weighted by atomic mass is 9.77. The Morgan fingerprint density at radius 3 is 2.27 bits per heavy atom. The Balaban J connectivity index is 0.00000320. The summed E-state index contributed by atoms with van der Waals surface area (Å²) in [5.74, 6) is -1.06. The number of piperazine rings is 1. The maximum Gasteiger partial charge on any atom is 0.475 e. The van der Waals surface area contributed by atoms with Crippen LogP contribution in [0.3, 0.4) is 0 Å². The zero-order valence-corrected chi connectivity index (χ0v) is 18.8. The van der Waals surface area contributed by atoms with Gasteiger partial charge < -0.3 is 20.3 Å². The highest BCUT2D eigenvalue weighted by molar-refractivity contribution is 7.90. The van der Waals surface area contributed by atoms with E-state index in [-0.39, 0.29) is 47.7 Å². The highest BCUT2D eigenvalue weighted by Crippen LogP contribution is 2.23. The number of rotatable bonds is 5. The van der Waals surface area contributed by atoms with Crippen LogP contribution in [0.5, 0.6) is 0 Å². The van der Waals surface area contributed by atoms with E-state index in [0.717, 1.165) is 6.26 Å². The average Bonchev–Trinajstić information content (AvgIpc) is 3.17. The Bertz CT molecular complexity index is 973. The van der Waals surface area contributed by atoms with Crippen LogP contribution in [0.2, 0.25) is 0 Å². The van der Waals surface area contributed by atoms with Crippen molar-refractivity contribution in [3.63, 3.8) is 0 Å². The van der Waals surface area contributed by atoms with Crippen LogP contribution in [0.4, 0.5) is 0 Å². The predicted octanol–water partition coefficient (Wildman–Crippen LogP) is -1.52. The molecule has 0 spiro atoms. The minimum absolute atomic E-state index is 0. The van der Waals surface area contributed by atoms with Crippen LogP contribution in [0, 0.1) is 0 Å². The van der Waals surface area contributed by atoms with Crippen LogP contribution in [0.1, 0.15) is 12.8 Å². The van der Waals surface area contributed by atoms with Crippen molar-refractivity contribution >= 4 is 45.3 Å². The Kier molecular flexibility index (Phi) is 7.94. The molecule has 0 radical (unpaired) electrons. The lowest BCUT2D eigenvalue weighted by molar-refractivity contribution is -0.134. The van der Waals surface area contributed by atoms with Crippen LogP contribution >= 0.6 is 12.4 Å². The summed E-state index contributed by atoms with van der Waals surface area (Å²) in [4.78, 5) is 14.2. The zero-order valence-electron chi connectivity index (χ0n) is 16.3. The summed E-state index contributed by atoms with van der Waals surface area (Å²) in [5.41, 5.74) is 0. The van der Waals surface area contributed by atoms with E-state index in [4.69, 9.17) is 0 Å². The standard InChI is InChI=1S/C16H24BN3O7S2.ClH/c1-28(24,25)12-4-6-13(7-5-12)29(26,27)19-10-8-18-14(11-19)16(21)20-9-2-3-15(20)17(22)23;/h4-7,14-15,18,22-23H,2-3,8-11H2,1H3;1H/t14-,15-;/m0./s1. The van der Waals surface area contributed by atoms with Gasteiger partial charge in [-0.1, -0.05) is 0 Å². The molecule has 0 saturated carbocycles. The molecule has 0 aliphatic carbocycles. The van der Waals surface area contributed by atoms with E-state index in [9.17, 15) is 31.7 Å². The number of hydrogen-bond acceptors (Lipinski definition) is 8. The van der Waals surface area contributed by atoms with Crippen LogP contribution < -0.4 is 5.32 Å². The number of carbonyl (C=O) groups excluding carboxylic acids is 1. The molecule has 1 aromatic rings. The third-order valence-electron chi connectivity index (χ3n) is 5.25. The molecule has 30 heavy (non-hydrogen) atoms. The van der Waals surface area contributed by atoms with Crippen molar-refractivity contribution in [3.05, 3.63) is 24.3 Å². The molecule has 3 N–H and O–H groups in total. The van der Waals surface area contributed by atoms with Crippen LogP contribution in [-0.2, 0) is 24.7 Å². The number of nitrogens with zero attached hydrogens (tertiary/aromatic N) is 2. The number of carbonyl (C=O) groups is 1. The average molecular weight is 482 g/mol. The molecule has 10 nitrogen and oxygen atoms in total. The van der Waals surface area contributed by atoms with Crippen molar-refractivity contribution in [2.24, 2.45) is 0 Å². The molecule has 2 heterocycles. The molecule has 1 aromatic carbocycles. The summed E-state index contributed by atoms with van der Waals surface area (Å²) in [6.07, 6.45) is 2.16. The lowest BCUT2D eigenvalue weighted by Gasteiger charge is -2.35. The SMILES string of the molecule is CS(=O)(=O)c1ccc(S(=O)(=O)N2CCN[C@H](C(=O)N3CCC[C@H]3B(O)O)C2)cc1.Cl. The summed E-state index contributed by atoms with van der Waals surface area (Å²) < 4.78 is 50.2. The van der Waals surface area contributed by atoms with Gasteiger partial charge in [-0.15, -0.1) is 12.4 Å². The Labute approximate surface area is 182 Å². The second kappa shape index (κ2) is 9.51. The summed E-state index contributed by atoms with van der Waals surface area (Å²) >= 11 is 0. The van der Waals surface area contributed by atoms with Crippen molar-refractivity contribution in [2.45, 2.75) is 34.6 Å². The van der Waals surface area contributed by atoms with Crippen LogP contribution in [-0.4, -0.2) is 93.5 Å². The molecule has 1 amide bonds. The van der Waals surface area contributed by atoms with Crippen molar-refractivity contribution < 1.29 is 31.7 Å². The highest BCUT2D eigenvalue weighted by Gasteiger charge is 2.41. The number of likely N-dealkylation sites (tertiary alicyclic amines) is 1. The Morgan fingerprint density at radius 2 is 1.70 bits per heavy atom. The Morgan fingerprint density at radius 1 is 1.10 bits per heavy atom.